The summed E-state index contributed by atoms with van der Waals surface area (Å²) in [6.45, 7) is 2.35. The van der Waals surface area contributed by atoms with Gasteiger partial charge in [-0.05, 0) is 0 Å². The molecule has 9 heavy (non-hydrogen) atoms. The normalized spacial score (nSPS) is 34.9. The molecule has 0 aromatic heterocycles. The molecular weight excluding hydrogens is 160 g/mol. The Morgan fingerprint density at radius 2 is 2.22 bits per heavy atom. The SMILES string of the molecule is [CH3][Cu]=[C]1CCCCC1C. The first-order chi connectivity index (χ1) is 4.34. The van der Waals surface area contributed by atoms with Crippen molar-refractivity contribution in [3.63, 3.8) is 0 Å². The summed E-state index contributed by atoms with van der Waals surface area (Å²) in [5, 5.41) is 0. The van der Waals surface area contributed by atoms with Crippen molar-refractivity contribution in [1.29, 1.82) is 0 Å². The summed E-state index contributed by atoms with van der Waals surface area (Å²) < 4.78 is 1.71. The van der Waals surface area contributed by atoms with Crippen LogP contribution in [0, 0.1) is 5.92 Å². The van der Waals surface area contributed by atoms with Gasteiger partial charge in [0.2, 0.25) is 0 Å². The van der Waals surface area contributed by atoms with Crippen LogP contribution in [-0.4, -0.2) is 4.42 Å². The summed E-state index contributed by atoms with van der Waals surface area (Å²) in [5.41, 5.74) is 0. The second-order valence-corrected chi connectivity index (χ2v) is 3.77. The Bertz CT molecular complexity index is 116. The second-order valence-electron chi connectivity index (χ2n) is 2.70. The Hall–Kier alpha value is 0.389. The van der Waals surface area contributed by atoms with Gasteiger partial charge >= 0.3 is 63.3 Å². The van der Waals surface area contributed by atoms with Gasteiger partial charge in [0.15, 0.2) is 0 Å². The molecule has 1 aliphatic rings. The Morgan fingerprint density at radius 1 is 1.44 bits per heavy atom. The van der Waals surface area contributed by atoms with Gasteiger partial charge in [-0.2, -0.15) is 0 Å². The average Bonchev–Trinajstić information content (AvgIpc) is 1.89. The molecule has 0 heterocycles. The van der Waals surface area contributed by atoms with E-state index in [4.69, 9.17) is 0 Å². The fraction of sp³-hybridized carbons (Fsp3) is 0.875. The Labute approximate surface area is 63.7 Å². The van der Waals surface area contributed by atoms with Gasteiger partial charge < -0.3 is 0 Å². The van der Waals surface area contributed by atoms with Crippen molar-refractivity contribution in [2.75, 3.05) is 0 Å². The first-order valence-electron chi connectivity index (χ1n) is 3.58. The van der Waals surface area contributed by atoms with E-state index in [1.165, 1.54) is 25.7 Å². The van der Waals surface area contributed by atoms with Crippen LogP contribution < -0.4 is 0 Å². The molecule has 0 nitrogen and oxygen atoms in total. The third kappa shape index (κ3) is 1.91. The summed E-state index contributed by atoms with van der Waals surface area (Å²) in [4.78, 5) is 0. The Balaban J connectivity index is 2.49. The van der Waals surface area contributed by atoms with Crippen molar-refractivity contribution in [2.45, 2.75) is 38.4 Å². The number of hydrogen-bond donors (Lipinski definition) is 0. The van der Waals surface area contributed by atoms with Crippen molar-refractivity contribution in [2.24, 2.45) is 5.92 Å². The van der Waals surface area contributed by atoms with Crippen LogP contribution in [0.5, 0.6) is 0 Å². The molecule has 0 N–H and O–H groups in total. The quantitative estimate of drug-likeness (QED) is 0.496. The van der Waals surface area contributed by atoms with Crippen LogP contribution in [0.25, 0.3) is 0 Å². The van der Waals surface area contributed by atoms with Crippen LogP contribution in [0.1, 0.15) is 32.6 Å². The van der Waals surface area contributed by atoms with Gasteiger partial charge in [-0.25, -0.2) is 0 Å². The number of rotatable bonds is 0. The molecule has 0 aromatic rings. The molecule has 0 aromatic carbocycles. The van der Waals surface area contributed by atoms with Gasteiger partial charge in [-0.3, -0.25) is 0 Å². The van der Waals surface area contributed by atoms with E-state index in [0.717, 1.165) is 5.92 Å². The molecule has 58 valence electrons. The van der Waals surface area contributed by atoms with Gasteiger partial charge in [0.05, 0.1) is 0 Å². The summed E-state index contributed by atoms with van der Waals surface area (Å²) in [6.07, 6.45) is 5.67. The van der Waals surface area contributed by atoms with Crippen LogP contribution in [0.15, 0.2) is 0 Å². The predicted octanol–water partition coefficient (Wildman–Crippen LogP) is 2.50. The summed E-state index contributed by atoms with van der Waals surface area (Å²) in [7, 11) is 0. The molecule has 1 aliphatic carbocycles. The molecule has 1 heteroatoms. The molecule has 0 spiro atoms. The third-order valence-corrected chi connectivity index (χ3v) is 3.28. The van der Waals surface area contributed by atoms with Crippen molar-refractivity contribution < 1.29 is 14.5 Å². The van der Waals surface area contributed by atoms with E-state index >= 15 is 0 Å². The molecule has 1 fully saturated rings. The monoisotopic (exact) mass is 174 g/mol. The maximum absolute atomic E-state index is 2.35. The molecule has 1 saturated carbocycles. The predicted molar refractivity (Wildman–Crippen MR) is 38.5 cm³/mol. The van der Waals surface area contributed by atoms with Crippen LogP contribution in [0.2, 0.25) is 5.82 Å². The molecule has 1 rings (SSSR count). The van der Waals surface area contributed by atoms with Crippen LogP contribution in [-0.2, 0) is 14.5 Å². The van der Waals surface area contributed by atoms with Gasteiger partial charge in [-0.15, -0.1) is 0 Å². The topological polar surface area (TPSA) is 0 Å². The molecule has 0 radical (unpaired) electrons. The van der Waals surface area contributed by atoms with E-state index in [-0.39, 0.29) is 0 Å². The van der Waals surface area contributed by atoms with Crippen molar-refractivity contribution in [3.8, 4) is 0 Å². The van der Waals surface area contributed by atoms with Gasteiger partial charge in [0.25, 0.3) is 0 Å². The van der Waals surface area contributed by atoms with Crippen molar-refractivity contribution in [3.05, 3.63) is 0 Å². The van der Waals surface area contributed by atoms with Crippen LogP contribution >= 0.6 is 0 Å². The minimum absolute atomic E-state index is 0.892. The molecule has 0 amide bonds. The Morgan fingerprint density at radius 3 is 2.67 bits per heavy atom. The van der Waals surface area contributed by atoms with Crippen LogP contribution in [0.3, 0.4) is 0 Å². The zero-order valence-electron chi connectivity index (χ0n) is 6.21. The molecule has 1 unspecified atom stereocenters. The minimum atomic E-state index is 0.892. The first-order valence-corrected chi connectivity index (χ1v) is 4.99. The van der Waals surface area contributed by atoms with Gasteiger partial charge in [-0.1, -0.05) is 0 Å². The van der Waals surface area contributed by atoms with E-state index in [0.29, 0.717) is 0 Å². The summed E-state index contributed by atoms with van der Waals surface area (Å²) in [5.74, 6) is 3.09. The molecule has 0 bridgehead atoms. The van der Waals surface area contributed by atoms with E-state index in [9.17, 15) is 0 Å². The van der Waals surface area contributed by atoms with E-state index in [2.05, 4.69) is 27.3 Å². The van der Waals surface area contributed by atoms with Crippen LogP contribution in [0.4, 0.5) is 0 Å². The third-order valence-electron chi connectivity index (χ3n) is 1.97. The zero-order valence-corrected chi connectivity index (χ0v) is 7.15. The van der Waals surface area contributed by atoms with Gasteiger partial charge in [0.1, 0.15) is 0 Å². The van der Waals surface area contributed by atoms with Crippen molar-refractivity contribution >= 4 is 4.42 Å². The zero-order chi connectivity index (χ0) is 6.69. The van der Waals surface area contributed by atoms with E-state index in [1.807, 2.05) is 0 Å². The molecule has 0 aliphatic heterocycles. The van der Waals surface area contributed by atoms with Crippen molar-refractivity contribution in [1.82, 2.24) is 0 Å². The Kier molecular flexibility index (Phi) is 2.94. The van der Waals surface area contributed by atoms with E-state index in [1.54, 1.807) is 4.42 Å². The first kappa shape index (κ1) is 7.50. The summed E-state index contributed by atoms with van der Waals surface area (Å²) in [6, 6.07) is 0. The average molecular weight is 175 g/mol. The second kappa shape index (κ2) is 3.53. The molecule has 1 atom stereocenters. The maximum atomic E-state index is 2.35. The molecule has 0 saturated heterocycles. The fourth-order valence-electron chi connectivity index (χ4n) is 1.35. The standard InChI is InChI=1S/C7H12.CH3.Cu/c1-7-5-3-2-4-6-7;;/h7H,2-5H2,1H3;1H3;. The fourth-order valence-corrected chi connectivity index (χ4v) is 2.35. The van der Waals surface area contributed by atoms with E-state index < -0.39 is 0 Å². The summed E-state index contributed by atoms with van der Waals surface area (Å²) >= 11 is 2.05. The van der Waals surface area contributed by atoms with Gasteiger partial charge in [0, 0.05) is 0 Å². The number of hydrogen-bond acceptors (Lipinski definition) is 0. The molecular formula is C8H15Cu.